The Bertz CT molecular complexity index is 605. The highest BCUT2D eigenvalue weighted by Gasteiger charge is 1.99. The monoisotopic (exact) mass is 299 g/mol. The first-order chi connectivity index (χ1) is 10.8. The fourth-order valence-electron chi connectivity index (χ4n) is 1.91. The van der Waals surface area contributed by atoms with Gasteiger partial charge in [-0.1, -0.05) is 18.2 Å². The summed E-state index contributed by atoms with van der Waals surface area (Å²) in [5.41, 5.74) is 1.87. The number of aromatic nitrogens is 2. The highest BCUT2D eigenvalue weighted by Crippen LogP contribution is 2.08. The predicted molar refractivity (Wildman–Crippen MR) is 86.7 cm³/mol. The van der Waals surface area contributed by atoms with Gasteiger partial charge in [0.25, 0.3) is 0 Å². The largest absolute Gasteiger partial charge is 0.382 e. The molecule has 1 amide bonds. The van der Waals surface area contributed by atoms with Crippen molar-refractivity contribution in [3.8, 4) is 5.69 Å². The van der Waals surface area contributed by atoms with Gasteiger partial charge in [-0.15, -0.1) is 0 Å². The molecule has 0 aliphatic carbocycles. The lowest BCUT2D eigenvalue weighted by molar-refractivity contribution is -0.116. The predicted octanol–water partition coefficient (Wildman–Crippen LogP) is 2.43. The van der Waals surface area contributed by atoms with Crippen LogP contribution in [0.5, 0.6) is 0 Å². The molecule has 1 aromatic carbocycles. The van der Waals surface area contributed by atoms with E-state index in [1.165, 1.54) is 6.08 Å². The number of hydrogen-bond donors (Lipinski definition) is 1. The second-order valence-corrected chi connectivity index (χ2v) is 4.73. The molecule has 2 aromatic rings. The Labute approximate surface area is 130 Å². The van der Waals surface area contributed by atoms with Crippen molar-refractivity contribution in [2.24, 2.45) is 0 Å². The first-order valence-corrected chi connectivity index (χ1v) is 7.43. The maximum Gasteiger partial charge on any atom is 0.244 e. The molecule has 0 bridgehead atoms. The van der Waals surface area contributed by atoms with Crippen LogP contribution in [0.4, 0.5) is 0 Å². The zero-order chi connectivity index (χ0) is 15.6. The summed E-state index contributed by atoms with van der Waals surface area (Å²) in [7, 11) is 0. The lowest BCUT2D eigenvalue weighted by Gasteiger charge is -2.02. The van der Waals surface area contributed by atoms with Gasteiger partial charge < -0.3 is 10.1 Å². The van der Waals surface area contributed by atoms with E-state index in [0.717, 1.165) is 17.7 Å². The van der Waals surface area contributed by atoms with Crippen LogP contribution in [-0.2, 0) is 9.53 Å². The van der Waals surface area contributed by atoms with Gasteiger partial charge in [-0.2, -0.15) is 5.10 Å². The van der Waals surface area contributed by atoms with Gasteiger partial charge >= 0.3 is 0 Å². The van der Waals surface area contributed by atoms with Gasteiger partial charge in [0.05, 0.1) is 11.9 Å². The van der Waals surface area contributed by atoms with Crippen LogP contribution >= 0.6 is 0 Å². The van der Waals surface area contributed by atoms with E-state index in [-0.39, 0.29) is 5.91 Å². The van der Waals surface area contributed by atoms with Crippen molar-refractivity contribution < 1.29 is 9.53 Å². The third-order valence-corrected chi connectivity index (χ3v) is 3.02. The summed E-state index contributed by atoms with van der Waals surface area (Å²) in [5, 5.41) is 7.09. The fraction of sp³-hybridized carbons (Fsp3) is 0.294. The van der Waals surface area contributed by atoms with E-state index in [2.05, 4.69) is 10.4 Å². The Hall–Kier alpha value is -2.40. The number of benzene rings is 1. The SMILES string of the molecule is CCOCCCNC(=O)/C=C/c1cnn(-c2ccccc2)c1. The van der Waals surface area contributed by atoms with E-state index in [4.69, 9.17) is 4.74 Å². The summed E-state index contributed by atoms with van der Waals surface area (Å²) in [5.74, 6) is -0.107. The number of rotatable bonds is 8. The molecule has 0 unspecified atom stereocenters. The molecule has 2 rings (SSSR count). The Morgan fingerprint density at radius 2 is 2.18 bits per heavy atom. The molecule has 22 heavy (non-hydrogen) atoms. The van der Waals surface area contributed by atoms with Crippen LogP contribution in [0.15, 0.2) is 48.8 Å². The average molecular weight is 299 g/mol. The van der Waals surface area contributed by atoms with Gasteiger partial charge in [0, 0.05) is 37.6 Å². The van der Waals surface area contributed by atoms with Crippen LogP contribution in [0, 0.1) is 0 Å². The molecule has 1 heterocycles. The molecule has 0 radical (unpaired) electrons. The molecule has 0 aliphatic heterocycles. The van der Waals surface area contributed by atoms with Crippen molar-refractivity contribution in [3.63, 3.8) is 0 Å². The molecule has 5 nitrogen and oxygen atoms in total. The topological polar surface area (TPSA) is 56.1 Å². The van der Waals surface area contributed by atoms with Crippen molar-refractivity contribution in [2.75, 3.05) is 19.8 Å². The van der Waals surface area contributed by atoms with Crippen LogP contribution < -0.4 is 5.32 Å². The normalized spacial score (nSPS) is 11.0. The second-order valence-electron chi connectivity index (χ2n) is 4.73. The lowest BCUT2D eigenvalue weighted by atomic mass is 10.3. The Morgan fingerprint density at radius 1 is 1.36 bits per heavy atom. The van der Waals surface area contributed by atoms with E-state index in [9.17, 15) is 4.79 Å². The lowest BCUT2D eigenvalue weighted by Crippen LogP contribution is -2.23. The van der Waals surface area contributed by atoms with Crippen molar-refractivity contribution >= 4 is 12.0 Å². The number of nitrogens with zero attached hydrogens (tertiary/aromatic N) is 2. The standard InChI is InChI=1S/C17H21N3O2/c1-2-22-12-6-11-18-17(21)10-9-15-13-19-20(14-15)16-7-4-3-5-8-16/h3-5,7-10,13-14H,2,6,11-12H2,1H3,(H,18,21)/b10-9+. The van der Waals surface area contributed by atoms with Crippen LogP contribution in [-0.4, -0.2) is 35.4 Å². The summed E-state index contributed by atoms with van der Waals surface area (Å²) in [6.45, 7) is 3.95. The van der Waals surface area contributed by atoms with Crippen LogP contribution in [0.1, 0.15) is 18.9 Å². The van der Waals surface area contributed by atoms with Crippen molar-refractivity contribution in [1.82, 2.24) is 15.1 Å². The molecule has 1 aromatic heterocycles. The number of amides is 1. The summed E-state index contributed by atoms with van der Waals surface area (Å²) >= 11 is 0. The second kappa shape index (κ2) is 8.79. The van der Waals surface area contributed by atoms with Gasteiger partial charge in [-0.05, 0) is 31.6 Å². The number of hydrogen-bond acceptors (Lipinski definition) is 3. The van der Waals surface area contributed by atoms with Crippen molar-refractivity contribution in [3.05, 3.63) is 54.4 Å². The van der Waals surface area contributed by atoms with E-state index >= 15 is 0 Å². The molecule has 0 saturated carbocycles. The quantitative estimate of drug-likeness (QED) is 0.601. The van der Waals surface area contributed by atoms with Crippen molar-refractivity contribution in [2.45, 2.75) is 13.3 Å². The van der Waals surface area contributed by atoms with E-state index < -0.39 is 0 Å². The number of ether oxygens (including phenoxy) is 1. The Balaban J connectivity index is 1.81. The summed E-state index contributed by atoms with van der Waals surface area (Å²) in [4.78, 5) is 11.7. The zero-order valence-corrected chi connectivity index (χ0v) is 12.7. The first kappa shape index (κ1) is 16.0. The van der Waals surface area contributed by atoms with E-state index in [0.29, 0.717) is 19.8 Å². The molecule has 0 fully saturated rings. The highest BCUT2D eigenvalue weighted by molar-refractivity contribution is 5.91. The fourth-order valence-corrected chi connectivity index (χ4v) is 1.91. The average Bonchev–Trinajstić information content (AvgIpc) is 3.02. The van der Waals surface area contributed by atoms with Gasteiger partial charge in [0.2, 0.25) is 5.91 Å². The van der Waals surface area contributed by atoms with Crippen LogP contribution in [0.25, 0.3) is 11.8 Å². The molecule has 0 saturated heterocycles. The van der Waals surface area contributed by atoms with Crippen molar-refractivity contribution in [1.29, 1.82) is 0 Å². The minimum atomic E-state index is -0.107. The summed E-state index contributed by atoms with van der Waals surface area (Å²) in [6, 6.07) is 9.84. The van der Waals surface area contributed by atoms with Gasteiger partial charge in [-0.3, -0.25) is 4.79 Å². The molecular weight excluding hydrogens is 278 g/mol. The van der Waals surface area contributed by atoms with Gasteiger partial charge in [0.15, 0.2) is 0 Å². The van der Waals surface area contributed by atoms with Gasteiger partial charge in [-0.25, -0.2) is 4.68 Å². The third kappa shape index (κ3) is 5.18. The number of nitrogens with one attached hydrogen (secondary N) is 1. The first-order valence-electron chi connectivity index (χ1n) is 7.43. The van der Waals surface area contributed by atoms with Gasteiger partial charge in [0.1, 0.15) is 0 Å². The molecule has 1 N–H and O–H groups in total. The third-order valence-electron chi connectivity index (χ3n) is 3.02. The van der Waals surface area contributed by atoms with E-state index in [1.54, 1.807) is 17.0 Å². The summed E-state index contributed by atoms with van der Waals surface area (Å²) < 4.78 is 6.99. The molecule has 0 spiro atoms. The van der Waals surface area contributed by atoms with Crippen LogP contribution in [0.2, 0.25) is 0 Å². The van der Waals surface area contributed by atoms with E-state index in [1.807, 2.05) is 43.5 Å². The number of para-hydroxylation sites is 1. The molecule has 0 aliphatic rings. The number of carbonyl (C=O) groups is 1. The molecule has 5 heteroatoms. The van der Waals surface area contributed by atoms with Crippen LogP contribution in [0.3, 0.4) is 0 Å². The highest BCUT2D eigenvalue weighted by atomic mass is 16.5. The summed E-state index contributed by atoms with van der Waals surface area (Å²) in [6.07, 6.45) is 7.71. The maximum absolute atomic E-state index is 11.7. The molecular formula is C17H21N3O2. The minimum Gasteiger partial charge on any atom is -0.382 e. The maximum atomic E-state index is 11.7. The number of carbonyl (C=O) groups excluding carboxylic acids is 1. The Morgan fingerprint density at radius 3 is 2.95 bits per heavy atom. The Kier molecular flexibility index (Phi) is 6.39. The minimum absolute atomic E-state index is 0.107. The molecule has 0 atom stereocenters. The molecule has 116 valence electrons. The zero-order valence-electron chi connectivity index (χ0n) is 12.7. The smallest absolute Gasteiger partial charge is 0.244 e.